The van der Waals surface area contributed by atoms with Gasteiger partial charge in [0.1, 0.15) is 0 Å². The van der Waals surface area contributed by atoms with Crippen LogP contribution in [0, 0.1) is 12.8 Å². The summed E-state index contributed by atoms with van der Waals surface area (Å²) in [5, 5.41) is 11.7. The van der Waals surface area contributed by atoms with Crippen LogP contribution in [0.2, 0.25) is 0 Å². The lowest BCUT2D eigenvalue weighted by molar-refractivity contribution is -0.137. The molecule has 0 saturated heterocycles. The van der Waals surface area contributed by atoms with Crippen LogP contribution in [0.3, 0.4) is 0 Å². The quantitative estimate of drug-likeness (QED) is 0.773. The van der Waals surface area contributed by atoms with E-state index in [1.807, 2.05) is 25.1 Å². The third kappa shape index (κ3) is 5.01. The van der Waals surface area contributed by atoms with Crippen LogP contribution in [0.25, 0.3) is 6.08 Å². The molecular weight excluding hydrogens is 334 g/mol. The Labute approximate surface area is 132 Å². The Hall–Kier alpha value is -1.62. The summed E-state index contributed by atoms with van der Waals surface area (Å²) in [6.07, 6.45) is 5.14. The number of carboxylic acids is 1. The van der Waals surface area contributed by atoms with E-state index in [2.05, 4.69) is 21.2 Å². The van der Waals surface area contributed by atoms with Crippen molar-refractivity contribution in [3.63, 3.8) is 0 Å². The van der Waals surface area contributed by atoms with Crippen molar-refractivity contribution < 1.29 is 14.7 Å². The zero-order chi connectivity index (χ0) is 15.4. The Morgan fingerprint density at radius 1 is 1.48 bits per heavy atom. The number of aliphatic carboxylic acids is 1. The number of carbonyl (C=O) groups is 2. The molecule has 0 aliphatic heterocycles. The molecule has 1 aliphatic rings. The lowest BCUT2D eigenvalue weighted by Crippen LogP contribution is -2.37. The highest BCUT2D eigenvalue weighted by Crippen LogP contribution is 2.34. The molecule has 112 valence electrons. The molecule has 1 fully saturated rings. The second-order valence-electron chi connectivity index (χ2n) is 5.41. The van der Waals surface area contributed by atoms with Crippen LogP contribution in [-0.4, -0.2) is 23.0 Å². The van der Waals surface area contributed by atoms with Crippen molar-refractivity contribution in [2.45, 2.75) is 32.2 Å². The molecule has 1 aliphatic carbocycles. The number of rotatable bonds is 6. The van der Waals surface area contributed by atoms with Crippen LogP contribution in [0.5, 0.6) is 0 Å². The molecule has 1 atom stereocenters. The Bertz CT molecular complexity index is 579. The molecule has 1 saturated carbocycles. The Kier molecular flexibility index (Phi) is 5.17. The fourth-order valence-corrected chi connectivity index (χ4v) is 2.81. The summed E-state index contributed by atoms with van der Waals surface area (Å²) in [5.41, 5.74) is 2.05. The number of aryl methyl sites for hydroxylation is 1. The highest BCUT2D eigenvalue weighted by atomic mass is 79.9. The minimum absolute atomic E-state index is 0.0154. The van der Waals surface area contributed by atoms with E-state index >= 15 is 0 Å². The number of nitrogens with one attached hydrogen (secondary N) is 1. The summed E-state index contributed by atoms with van der Waals surface area (Å²) >= 11 is 3.45. The summed E-state index contributed by atoms with van der Waals surface area (Å²) in [6.45, 7) is 2.00. The van der Waals surface area contributed by atoms with E-state index in [4.69, 9.17) is 5.11 Å². The van der Waals surface area contributed by atoms with Crippen LogP contribution < -0.4 is 5.32 Å². The summed E-state index contributed by atoms with van der Waals surface area (Å²) in [4.78, 5) is 22.7. The molecule has 4 nitrogen and oxygen atoms in total. The highest BCUT2D eigenvalue weighted by molar-refractivity contribution is 9.10. The van der Waals surface area contributed by atoms with E-state index < -0.39 is 5.97 Å². The van der Waals surface area contributed by atoms with E-state index in [1.165, 1.54) is 6.08 Å². The molecule has 0 bridgehead atoms. The van der Waals surface area contributed by atoms with Gasteiger partial charge in [0.05, 0.1) is 6.42 Å². The number of carbonyl (C=O) groups excluding carboxylic acids is 1. The molecule has 2 rings (SSSR count). The molecule has 0 radical (unpaired) electrons. The molecule has 1 unspecified atom stereocenters. The molecule has 0 heterocycles. The molecule has 0 spiro atoms. The first-order valence-corrected chi connectivity index (χ1v) is 7.71. The summed E-state index contributed by atoms with van der Waals surface area (Å²) < 4.78 is 0.927. The van der Waals surface area contributed by atoms with E-state index in [-0.39, 0.29) is 18.4 Å². The number of halogens is 1. The van der Waals surface area contributed by atoms with Crippen molar-refractivity contribution in [3.05, 3.63) is 39.9 Å². The first-order chi connectivity index (χ1) is 9.95. The SMILES string of the molecule is Cc1ccc(/C=C/C(=O)NC(CC(=O)O)C2CC2)c(Br)c1. The van der Waals surface area contributed by atoms with Gasteiger partial charge in [-0.1, -0.05) is 28.1 Å². The number of carboxylic acid groups (broad SMARTS) is 1. The molecule has 1 aromatic carbocycles. The maximum absolute atomic E-state index is 11.9. The Balaban J connectivity index is 1.96. The number of benzene rings is 1. The van der Waals surface area contributed by atoms with Gasteiger partial charge >= 0.3 is 5.97 Å². The van der Waals surface area contributed by atoms with Gasteiger partial charge in [0.25, 0.3) is 0 Å². The topological polar surface area (TPSA) is 66.4 Å². The fraction of sp³-hybridized carbons (Fsp3) is 0.375. The monoisotopic (exact) mass is 351 g/mol. The van der Waals surface area contributed by atoms with E-state index in [0.29, 0.717) is 5.92 Å². The average Bonchev–Trinajstić information content (AvgIpc) is 3.20. The molecule has 0 aromatic heterocycles. The summed E-state index contributed by atoms with van der Waals surface area (Å²) in [7, 11) is 0. The Morgan fingerprint density at radius 3 is 2.76 bits per heavy atom. The van der Waals surface area contributed by atoms with Crippen LogP contribution >= 0.6 is 15.9 Å². The van der Waals surface area contributed by atoms with Crippen molar-refractivity contribution in [1.29, 1.82) is 0 Å². The maximum atomic E-state index is 11.9. The second-order valence-corrected chi connectivity index (χ2v) is 6.26. The number of hydrogen-bond donors (Lipinski definition) is 2. The first kappa shape index (κ1) is 15.8. The van der Waals surface area contributed by atoms with Gasteiger partial charge in [-0.15, -0.1) is 0 Å². The maximum Gasteiger partial charge on any atom is 0.305 e. The lowest BCUT2D eigenvalue weighted by Gasteiger charge is -2.14. The normalized spacial score (nSPS) is 15.9. The van der Waals surface area contributed by atoms with Gasteiger partial charge in [-0.3, -0.25) is 9.59 Å². The van der Waals surface area contributed by atoms with Gasteiger partial charge < -0.3 is 10.4 Å². The lowest BCUT2D eigenvalue weighted by atomic mass is 10.1. The molecule has 2 N–H and O–H groups in total. The van der Waals surface area contributed by atoms with Crippen molar-refractivity contribution in [2.75, 3.05) is 0 Å². The fourth-order valence-electron chi connectivity index (χ4n) is 2.19. The zero-order valence-electron chi connectivity index (χ0n) is 11.8. The van der Waals surface area contributed by atoms with Crippen molar-refractivity contribution >= 4 is 33.9 Å². The minimum atomic E-state index is -0.877. The van der Waals surface area contributed by atoms with Crippen molar-refractivity contribution in [1.82, 2.24) is 5.32 Å². The van der Waals surface area contributed by atoms with Gasteiger partial charge in [-0.05, 0) is 49.0 Å². The van der Waals surface area contributed by atoms with Crippen molar-refractivity contribution in [2.24, 2.45) is 5.92 Å². The smallest absolute Gasteiger partial charge is 0.305 e. The predicted octanol–water partition coefficient (Wildman–Crippen LogP) is 3.14. The average molecular weight is 352 g/mol. The second kappa shape index (κ2) is 6.89. The molecule has 1 aromatic rings. The van der Waals surface area contributed by atoms with Crippen LogP contribution in [0.15, 0.2) is 28.7 Å². The zero-order valence-corrected chi connectivity index (χ0v) is 13.4. The van der Waals surface area contributed by atoms with Crippen LogP contribution in [0.4, 0.5) is 0 Å². The van der Waals surface area contributed by atoms with Crippen LogP contribution in [-0.2, 0) is 9.59 Å². The van der Waals surface area contributed by atoms with Crippen LogP contribution in [0.1, 0.15) is 30.4 Å². The summed E-state index contributed by atoms with van der Waals surface area (Å²) in [6, 6.07) is 5.62. The molecular formula is C16H18BrNO3. The first-order valence-electron chi connectivity index (χ1n) is 6.92. The highest BCUT2D eigenvalue weighted by Gasteiger charge is 2.33. The van der Waals surface area contributed by atoms with Gasteiger partial charge in [-0.2, -0.15) is 0 Å². The third-order valence-electron chi connectivity index (χ3n) is 3.48. The van der Waals surface area contributed by atoms with E-state index in [1.54, 1.807) is 6.08 Å². The third-order valence-corrected chi connectivity index (χ3v) is 4.17. The van der Waals surface area contributed by atoms with E-state index in [0.717, 1.165) is 28.4 Å². The number of hydrogen-bond acceptors (Lipinski definition) is 2. The van der Waals surface area contributed by atoms with Gasteiger partial charge in [0, 0.05) is 16.6 Å². The van der Waals surface area contributed by atoms with Gasteiger partial charge in [0.2, 0.25) is 5.91 Å². The largest absolute Gasteiger partial charge is 0.481 e. The van der Waals surface area contributed by atoms with E-state index in [9.17, 15) is 9.59 Å². The predicted molar refractivity (Wildman–Crippen MR) is 84.8 cm³/mol. The minimum Gasteiger partial charge on any atom is -0.481 e. The van der Waals surface area contributed by atoms with Gasteiger partial charge in [-0.25, -0.2) is 0 Å². The van der Waals surface area contributed by atoms with Crippen molar-refractivity contribution in [3.8, 4) is 0 Å². The number of amides is 1. The molecule has 1 amide bonds. The molecule has 21 heavy (non-hydrogen) atoms. The standard InChI is InChI=1S/C16H18BrNO3/c1-10-2-3-11(13(17)8-10)6-7-15(19)18-14(9-16(20)21)12-4-5-12/h2-3,6-8,12,14H,4-5,9H2,1H3,(H,18,19)(H,20,21)/b7-6+. The summed E-state index contributed by atoms with van der Waals surface area (Å²) in [5.74, 6) is -0.817. The Morgan fingerprint density at radius 2 is 2.19 bits per heavy atom. The van der Waals surface area contributed by atoms with Gasteiger partial charge in [0.15, 0.2) is 0 Å². The molecule has 5 heteroatoms.